The van der Waals surface area contributed by atoms with Crippen LogP contribution in [0.5, 0.6) is 0 Å². The molecule has 88 valence electrons. The van der Waals surface area contributed by atoms with Crippen molar-refractivity contribution in [3.8, 4) is 0 Å². The molecule has 0 spiro atoms. The normalized spacial score (nSPS) is 14.4. The molecular formula is C11H21NO3. The van der Waals surface area contributed by atoms with Crippen LogP contribution in [0.2, 0.25) is 0 Å². The van der Waals surface area contributed by atoms with Crippen molar-refractivity contribution in [1.29, 1.82) is 0 Å². The van der Waals surface area contributed by atoms with Gasteiger partial charge in [-0.3, -0.25) is 10.1 Å². The Morgan fingerprint density at radius 2 is 2.13 bits per heavy atom. The second kappa shape index (κ2) is 7.40. The fourth-order valence-corrected chi connectivity index (χ4v) is 1.49. The number of aliphatic hydroxyl groups excluding tert-OH is 1. The summed E-state index contributed by atoms with van der Waals surface area (Å²) >= 11 is 0. The van der Waals surface area contributed by atoms with Crippen LogP contribution in [0.15, 0.2) is 11.6 Å². The molecule has 0 aliphatic rings. The van der Waals surface area contributed by atoms with Gasteiger partial charge < -0.3 is 5.11 Å². The highest BCUT2D eigenvalue weighted by atomic mass is 16.6. The van der Waals surface area contributed by atoms with E-state index >= 15 is 0 Å². The Bertz CT molecular complexity index is 222. The third-order valence-electron chi connectivity index (χ3n) is 2.25. The molecule has 2 atom stereocenters. The van der Waals surface area contributed by atoms with Crippen LogP contribution in [0, 0.1) is 16.0 Å². The van der Waals surface area contributed by atoms with Gasteiger partial charge in [0.2, 0.25) is 6.54 Å². The van der Waals surface area contributed by atoms with Crippen LogP contribution in [-0.4, -0.2) is 22.7 Å². The number of nitro groups is 1. The van der Waals surface area contributed by atoms with Crippen molar-refractivity contribution >= 4 is 0 Å². The molecule has 0 saturated carbocycles. The molecule has 0 radical (unpaired) electrons. The predicted molar refractivity (Wildman–Crippen MR) is 60.3 cm³/mol. The van der Waals surface area contributed by atoms with E-state index in [-0.39, 0.29) is 6.54 Å². The fourth-order valence-electron chi connectivity index (χ4n) is 1.49. The summed E-state index contributed by atoms with van der Waals surface area (Å²) in [6.45, 7) is 5.77. The van der Waals surface area contributed by atoms with Crippen molar-refractivity contribution in [2.75, 3.05) is 6.54 Å². The second-order valence-corrected chi connectivity index (χ2v) is 4.37. The van der Waals surface area contributed by atoms with Gasteiger partial charge in [0.05, 0.1) is 0 Å². The van der Waals surface area contributed by atoms with Crippen LogP contribution in [0.3, 0.4) is 0 Å². The maximum absolute atomic E-state index is 10.1. The van der Waals surface area contributed by atoms with E-state index < -0.39 is 11.0 Å². The van der Waals surface area contributed by atoms with Crippen molar-refractivity contribution in [1.82, 2.24) is 0 Å². The zero-order chi connectivity index (χ0) is 11.8. The van der Waals surface area contributed by atoms with Crippen LogP contribution in [0.1, 0.15) is 40.0 Å². The molecule has 0 aromatic carbocycles. The lowest BCUT2D eigenvalue weighted by Gasteiger charge is -2.12. The van der Waals surface area contributed by atoms with Crippen molar-refractivity contribution in [2.24, 2.45) is 5.92 Å². The van der Waals surface area contributed by atoms with Crippen LogP contribution >= 0.6 is 0 Å². The summed E-state index contributed by atoms with van der Waals surface area (Å²) in [6.07, 6.45) is 3.81. The summed E-state index contributed by atoms with van der Waals surface area (Å²) in [5.41, 5.74) is 1.29. The molecular weight excluding hydrogens is 194 g/mol. The van der Waals surface area contributed by atoms with E-state index in [0.29, 0.717) is 12.3 Å². The molecule has 2 unspecified atom stereocenters. The van der Waals surface area contributed by atoms with Crippen LogP contribution < -0.4 is 0 Å². The molecule has 0 amide bonds. The Hall–Kier alpha value is -0.900. The van der Waals surface area contributed by atoms with E-state index in [2.05, 4.69) is 6.08 Å². The number of aliphatic hydroxyl groups is 1. The van der Waals surface area contributed by atoms with Gasteiger partial charge in [-0.25, -0.2) is 0 Å². The maximum Gasteiger partial charge on any atom is 0.229 e. The van der Waals surface area contributed by atoms with Crippen LogP contribution in [-0.2, 0) is 0 Å². The summed E-state index contributed by atoms with van der Waals surface area (Å²) in [7, 11) is 0. The average Bonchev–Trinajstić information content (AvgIpc) is 2.00. The number of nitrogens with zero attached hydrogens (tertiary/aromatic N) is 1. The van der Waals surface area contributed by atoms with Gasteiger partial charge in [0.1, 0.15) is 6.10 Å². The van der Waals surface area contributed by atoms with Crippen molar-refractivity contribution in [3.05, 3.63) is 21.8 Å². The third-order valence-corrected chi connectivity index (χ3v) is 2.25. The number of hydrogen-bond donors (Lipinski definition) is 1. The Morgan fingerprint density at radius 3 is 2.60 bits per heavy atom. The van der Waals surface area contributed by atoms with Gasteiger partial charge in [-0.15, -0.1) is 0 Å². The first-order valence-electron chi connectivity index (χ1n) is 5.35. The quantitative estimate of drug-likeness (QED) is 0.403. The lowest BCUT2D eigenvalue weighted by molar-refractivity contribution is -0.490. The Labute approximate surface area is 91.1 Å². The first kappa shape index (κ1) is 14.1. The molecule has 0 fully saturated rings. The lowest BCUT2D eigenvalue weighted by atomic mass is 9.98. The largest absolute Gasteiger partial charge is 0.386 e. The van der Waals surface area contributed by atoms with Crippen LogP contribution in [0.4, 0.5) is 0 Å². The lowest BCUT2D eigenvalue weighted by Crippen LogP contribution is -2.21. The highest BCUT2D eigenvalue weighted by Crippen LogP contribution is 2.14. The van der Waals surface area contributed by atoms with Gasteiger partial charge in [0.25, 0.3) is 0 Å². The minimum Gasteiger partial charge on any atom is -0.386 e. The number of allylic oxidation sites excluding steroid dienone is 2. The van der Waals surface area contributed by atoms with Gasteiger partial charge in [0.15, 0.2) is 0 Å². The molecule has 0 aromatic heterocycles. The minimum atomic E-state index is -0.804. The molecule has 0 bridgehead atoms. The molecule has 0 saturated heterocycles. The van der Waals surface area contributed by atoms with Gasteiger partial charge in [-0.05, 0) is 39.0 Å². The molecule has 0 rings (SSSR count). The van der Waals surface area contributed by atoms with Gasteiger partial charge >= 0.3 is 0 Å². The monoisotopic (exact) mass is 215 g/mol. The fraction of sp³-hybridized carbons (Fsp3) is 0.818. The Morgan fingerprint density at radius 1 is 1.53 bits per heavy atom. The van der Waals surface area contributed by atoms with Gasteiger partial charge in [-0.1, -0.05) is 18.6 Å². The third kappa shape index (κ3) is 9.41. The standard InChI is InChI=1S/C11H21NO3/c1-9(2)5-4-6-10(3)7-11(13)8-12(14)15/h5,10-11,13H,4,6-8H2,1-3H3. The van der Waals surface area contributed by atoms with E-state index in [9.17, 15) is 15.2 Å². The summed E-state index contributed by atoms with van der Waals surface area (Å²) in [4.78, 5) is 9.67. The Kier molecular flexibility index (Phi) is 6.96. The van der Waals surface area contributed by atoms with Crippen LogP contribution in [0.25, 0.3) is 0 Å². The smallest absolute Gasteiger partial charge is 0.229 e. The summed E-state index contributed by atoms with van der Waals surface area (Å²) in [5, 5.41) is 19.5. The number of rotatable bonds is 7. The topological polar surface area (TPSA) is 63.4 Å². The summed E-state index contributed by atoms with van der Waals surface area (Å²) in [6, 6.07) is 0. The summed E-state index contributed by atoms with van der Waals surface area (Å²) < 4.78 is 0. The van der Waals surface area contributed by atoms with E-state index in [0.717, 1.165) is 12.8 Å². The second-order valence-electron chi connectivity index (χ2n) is 4.37. The summed E-state index contributed by atoms with van der Waals surface area (Å²) in [5.74, 6) is 0.329. The first-order valence-corrected chi connectivity index (χ1v) is 5.35. The Balaban J connectivity index is 3.68. The molecule has 4 heteroatoms. The SMILES string of the molecule is CC(C)=CCCC(C)CC(O)C[N+](=O)[O-]. The first-order chi connectivity index (χ1) is 6.91. The van der Waals surface area contributed by atoms with Gasteiger partial charge in [0, 0.05) is 4.92 Å². The van der Waals surface area contributed by atoms with Crippen molar-refractivity contribution < 1.29 is 10.0 Å². The average molecular weight is 215 g/mol. The zero-order valence-electron chi connectivity index (χ0n) is 9.77. The maximum atomic E-state index is 10.1. The predicted octanol–water partition coefficient (Wildman–Crippen LogP) is 2.40. The van der Waals surface area contributed by atoms with E-state index in [4.69, 9.17) is 0 Å². The van der Waals surface area contributed by atoms with E-state index in [1.54, 1.807) is 0 Å². The number of hydrogen-bond acceptors (Lipinski definition) is 3. The van der Waals surface area contributed by atoms with E-state index in [1.807, 2.05) is 20.8 Å². The molecule has 15 heavy (non-hydrogen) atoms. The zero-order valence-corrected chi connectivity index (χ0v) is 9.77. The molecule has 4 nitrogen and oxygen atoms in total. The van der Waals surface area contributed by atoms with Gasteiger partial charge in [-0.2, -0.15) is 0 Å². The van der Waals surface area contributed by atoms with Crippen molar-refractivity contribution in [3.63, 3.8) is 0 Å². The molecule has 1 N–H and O–H groups in total. The minimum absolute atomic E-state index is 0.329. The molecule has 0 aliphatic carbocycles. The molecule has 0 aromatic rings. The highest BCUT2D eigenvalue weighted by molar-refractivity contribution is 4.92. The molecule has 0 aliphatic heterocycles. The highest BCUT2D eigenvalue weighted by Gasteiger charge is 2.14. The van der Waals surface area contributed by atoms with Crippen molar-refractivity contribution in [2.45, 2.75) is 46.1 Å². The molecule has 0 heterocycles. The van der Waals surface area contributed by atoms with E-state index in [1.165, 1.54) is 5.57 Å².